The van der Waals surface area contributed by atoms with Gasteiger partial charge < -0.3 is 25.2 Å². The van der Waals surface area contributed by atoms with E-state index in [1.165, 1.54) is 0 Å². The van der Waals surface area contributed by atoms with Crippen LogP contribution in [0, 0.1) is 5.92 Å². The van der Waals surface area contributed by atoms with Gasteiger partial charge in [-0.3, -0.25) is 9.59 Å². The quantitative estimate of drug-likeness (QED) is 0.443. The smallest absolute Gasteiger partial charge is 0.408 e. The van der Waals surface area contributed by atoms with Crippen molar-refractivity contribution < 1.29 is 33.8 Å². The topological polar surface area (TPSA) is 131 Å². The average molecular weight is 456 g/mol. The van der Waals surface area contributed by atoms with Crippen LogP contribution < -0.4 is 10.6 Å². The Morgan fingerprint density at radius 1 is 0.818 bits per heavy atom. The summed E-state index contributed by atoms with van der Waals surface area (Å²) in [5, 5.41) is 14.2. The van der Waals surface area contributed by atoms with Gasteiger partial charge in [-0.05, 0) is 17.0 Å². The predicted octanol–water partition coefficient (Wildman–Crippen LogP) is 2.64. The molecule has 176 valence electrons. The number of carbonyl (C=O) groups excluding carboxylic acids is 3. The zero-order chi connectivity index (χ0) is 24.2. The third-order valence-corrected chi connectivity index (χ3v) is 4.66. The van der Waals surface area contributed by atoms with Crippen LogP contribution in [0.4, 0.5) is 4.79 Å². The van der Waals surface area contributed by atoms with Crippen molar-refractivity contribution >= 4 is 23.9 Å². The Morgan fingerprint density at radius 2 is 1.33 bits per heavy atom. The molecule has 9 nitrogen and oxygen atoms in total. The van der Waals surface area contributed by atoms with Gasteiger partial charge in [0.2, 0.25) is 5.91 Å². The van der Waals surface area contributed by atoms with Gasteiger partial charge in [0.15, 0.2) is 0 Å². The fourth-order valence-corrected chi connectivity index (χ4v) is 2.85. The van der Waals surface area contributed by atoms with Gasteiger partial charge in [0.05, 0.1) is 6.42 Å². The number of nitrogens with one attached hydrogen (secondary N) is 2. The number of amides is 2. The lowest BCUT2D eigenvalue weighted by atomic mass is 10.0. The van der Waals surface area contributed by atoms with Gasteiger partial charge >= 0.3 is 18.0 Å². The average Bonchev–Trinajstić information content (AvgIpc) is 2.80. The van der Waals surface area contributed by atoms with E-state index in [1.54, 1.807) is 62.4 Å². The molecule has 2 aromatic rings. The number of carbonyl (C=O) groups is 4. The van der Waals surface area contributed by atoms with Crippen molar-refractivity contribution in [2.24, 2.45) is 5.92 Å². The molecule has 2 aromatic carbocycles. The molecule has 3 N–H and O–H groups in total. The highest BCUT2D eigenvalue weighted by molar-refractivity contribution is 5.91. The number of hydrogen-bond acceptors (Lipinski definition) is 6. The highest BCUT2D eigenvalue weighted by Gasteiger charge is 2.30. The summed E-state index contributed by atoms with van der Waals surface area (Å²) in [5.74, 6) is -3.28. The Morgan fingerprint density at radius 3 is 1.82 bits per heavy atom. The third kappa shape index (κ3) is 9.02. The van der Waals surface area contributed by atoms with Gasteiger partial charge in [-0.15, -0.1) is 0 Å². The largest absolute Gasteiger partial charge is 0.480 e. The summed E-state index contributed by atoms with van der Waals surface area (Å²) in [7, 11) is 0. The van der Waals surface area contributed by atoms with E-state index >= 15 is 0 Å². The Balaban J connectivity index is 1.89. The predicted molar refractivity (Wildman–Crippen MR) is 119 cm³/mol. The van der Waals surface area contributed by atoms with E-state index in [9.17, 15) is 24.3 Å². The van der Waals surface area contributed by atoms with Crippen molar-refractivity contribution in [2.75, 3.05) is 0 Å². The van der Waals surface area contributed by atoms with E-state index in [4.69, 9.17) is 9.47 Å². The van der Waals surface area contributed by atoms with Crippen LogP contribution >= 0.6 is 0 Å². The van der Waals surface area contributed by atoms with Gasteiger partial charge in [-0.25, -0.2) is 9.59 Å². The van der Waals surface area contributed by atoms with Crippen molar-refractivity contribution in [3.8, 4) is 0 Å². The Hall–Kier alpha value is -3.88. The molecule has 2 amide bonds. The SMILES string of the molecule is CC(C)C(NC(=O)OCc1ccccc1)C(=O)NC(CC(=O)OCc1ccccc1)C(=O)O. The summed E-state index contributed by atoms with van der Waals surface area (Å²) in [4.78, 5) is 48.5. The molecule has 2 atom stereocenters. The number of carboxylic acids is 1. The van der Waals surface area contributed by atoms with Crippen molar-refractivity contribution in [1.82, 2.24) is 10.6 Å². The normalized spacial score (nSPS) is 12.3. The highest BCUT2D eigenvalue weighted by atomic mass is 16.5. The fourth-order valence-electron chi connectivity index (χ4n) is 2.85. The molecular weight excluding hydrogens is 428 g/mol. The number of carboxylic acid groups (broad SMARTS) is 1. The molecule has 0 aliphatic heterocycles. The fraction of sp³-hybridized carbons (Fsp3) is 0.333. The third-order valence-electron chi connectivity index (χ3n) is 4.66. The standard InChI is InChI=1S/C24H28N2O7/c1-16(2)21(26-24(31)33-15-18-11-7-4-8-12-18)22(28)25-19(23(29)30)13-20(27)32-14-17-9-5-3-6-10-17/h3-12,16,19,21H,13-15H2,1-2H3,(H,25,28)(H,26,31)(H,29,30). The minimum Gasteiger partial charge on any atom is -0.480 e. The van der Waals surface area contributed by atoms with E-state index < -0.39 is 42.4 Å². The summed E-state index contributed by atoms with van der Waals surface area (Å²) < 4.78 is 10.2. The molecule has 0 aliphatic carbocycles. The van der Waals surface area contributed by atoms with Crippen LogP contribution in [0.5, 0.6) is 0 Å². The number of alkyl carbamates (subject to hydrolysis) is 1. The molecule has 0 heterocycles. The molecule has 0 aliphatic rings. The number of benzene rings is 2. The lowest BCUT2D eigenvalue weighted by Gasteiger charge is -2.23. The summed E-state index contributed by atoms with van der Waals surface area (Å²) in [6.45, 7) is 3.38. The lowest BCUT2D eigenvalue weighted by molar-refractivity contribution is -0.151. The van der Waals surface area contributed by atoms with Crippen molar-refractivity contribution in [3.63, 3.8) is 0 Å². The Labute approximate surface area is 192 Å². The van der Waals surface area contributed by atoms with Crippen molar-refractivity contribution in [2.45, 2.75) is 45.6 Å². The van der Waals surface area contributed by atoms with Crippen LogP contribution in [0.1, 0.15) is 31.4 Å². The molecule has 9 heteroatoms. The van der Waals surface area contributed by atoms with E-state index in [1.807, 2.05) is 12.1 Å². The summed E-state index contributed by atoms with van der Waals surface area (Å²) in [5.41, 5.74) is 1.53. The minimum absolute atomic E-state index is 0.0105. The molecule has 0 bridgehead atoms. The molecule has 0 saturated heterocycles. The number of aliphatic carboxylic acids is 1. The van der Waals surface area contributed by atoms with E-state index in [2.05, 4.69) is 10.6 Å². The van der Waals surface area contributed by atoms with Crippen LogP contribution in [0.2, 0.25) is 0 Å². The number of rotatable bonds is 11. The Kier molecular flexibility index (Phi) is 9.88. The maximum Gasteiger partial charge on any atom is 0.408 e. The number of esters is 1. The maximum atomic E-state index is 12.7. The van der Waals surface area contributed by atoms with E-state index in [-0.39, 0.29) is 19.1 Å². The van der Waals surface area contributed by atoms with Crippen molar-refractivity contribution in [1.29, 1.82) is 0 Å². The molecule has 0 aromatic heterocycles. The molecular formula is C24H28N2O7. The summed E-state index contributed by atoms with van der Waals surface area (Å²) in [6.07, 6.45) is -1.38. The number of hydrogen-bond donors (Lipinski definition) is 3. The molecule has 2 unspecified atom stereocenters. The molecule has 0 spiro atoms. The van der Waals surface area contributed by atoms with Crippen LogP contribution in [-0.2, 0) is 37.1 Å². The monoisotopic (exact) mass is 456 g/mol. The van der Waals surface area contributed by atoms with Crippen LogP contribution in [-0.4, -0.2) is 41.1 Å². The summed E-state index contributed by atoms with van der Waals surface area (Å²) in [6, 6.07) is 15.4. The van der Waals surface area contributed by atoms with E-state index in [0.717, 1.165) is 11.1 Å². The Bertz CT molecular complexity index is 932. The van der Waals surface area contributed by atoms with Gasteiger partial charge in [0.1, 0.15) is 25.3 Å². The molecule has 0 saturated carbocycles. The molecule has 0 fully saturated rings. The second-order valence-electron chi connectivity index (χ2n) is 7.68. The highest BCUT2D eigenvalue weighted by Crippen LogP contribution is 2.07. The first-order chi connectivity index (χ1) is 15.8. The first kappa shape index (κ1) is 25.4. The molecule has 2 rings (SSSR count). The lowest BCUT2D eigenvalue weighted by Crippen LogP contribution is -2.54. The van der Waals surface area contributed by atoms with Gasteiger partial charge in [-0.2, -0.15) is 0 Å². The van der Waals surface area contributed by atoms with Crippen LogP contribution in [0.3, 0.4) is 0 Å². The van der Waals surface area contributed by atoms with Crippen LogP contribution in [0.15, 0.2) is 60.7 Å². The first-order valence-electron chi connectivity index (χ1n) is 10.5. The van der Waals surface area contributed by atoms with Crippen molar-refractivity contribution in [3.05, 3.63) is 71.8 Å². The second-order valence-corrected chi connectivity index (χ2v) is 7.68. The van der Waals surface area contributed by atoms with Gasteiger partial charge in [0.25, 0.3) is 0 Å². The summed E-state index contributed by atoms with van der Waals surface area (Å²) >= 11 is 0. The second kappa shape index (κ2) is 12.8. The van der Waals surface area contributed by atoms with Crippen LogP contribution in [0.25, 0.3) is 0 Å². The van der Waals surface area contributed by atoms with E-state index in [0.29, 0.717) is 0 Å². The minimum atomic E-state index is -1.51. The van der Waals surface area contributed by atoms with Gasteiger partial charge in [-0.1, -0.05) is 74.5 Å². The molecule has 0 radical (unpaired) electrons. The molecule has 33 heavy (non-hydrogen) atoms. The number of ether oxygens (including phenoxy) is 2. The first-order valence-corrected chi connectivity index (χ1v) is 10.5. The maximum absolute atomic E-state index is 12.7. The zero-order valence-corrected chi connectivity index (χ0v) is 18.5. The zero-order valence-electron chi connectivity index (χ0n) is 18.5. The van der Waals surface area contributed by atoms with Gasteiger partial charge in [0, 0.05) is 0 Å².